The fourth-order valence-electron chi connectivity index (χ4n) is 4.09. The van der Waals surface area contributed by atoms with Gasteiger partial charge in [-0.25, -0.2) is 13.2 Å². The molecule has 1 saturated heterocycles. The standard InChI is InChI=1S/C25H27N5O6S/c1-36-23-8-4-3-7-21(23)28-37(34,35)24-17-19(11-14-22(24)29-15-5-2-6-16-29)27-25(31)26-18-9-12-20(13-10-18)30(32)33/h3-4,7-14,17,28H,2,5-6,15-16H2,1H3,(H2,26,27,31). The van der Waals surface area contributed by atoms with E-state index >= 15 is 0 Å². The molecular formula is C25H27N5O6S. The zero-order valence-corrected chi connectivity index (χ0v) is 21.0. The monoisotopic (exact) mass is 525 g/mol. The van der Waals surface area contributed by atoms with Gasteiger partial charge in [-0.2, -0.15) is 0 Å². The lowest BCUT2D eigenvalue weighted by atomic mass is 10.1. The molecule has 0 saturated carbocycles. The van der Waals surface area contributed by atoms with E-state index in [4.69, 9.17) is 4.74 Å². The molecule has 1 fully saturated rings. The Bertz CT molecular complexity index is 1390. The maximum Gasteiger partial charge on any atom is 0.323 e. The van der Waals surface area contributed by atoms with E-state index in [1.54, 1.807) is 36.4 Å². The molecule has 4 rings (SSSR count). The Kier molecular flexibility index (Phi) is 7.77. The van der Waals surface area contributed by atoms with Crippen LogP contribution in [0.5, 0.6) is 5.75 Å². The average Bonchev–Trinajstić information content (AvgIpc) is 2.89. The number of ether oxygens (including phenoxy) is 1. The van der Waals surface area contributed by atoms with Gasteiger partial charge in [-0.15, -0.1) is 0 Å². The van der Waals surface area contributed by atoms with Crippen molar-refractivity contribution in [2.75, 3.05) is 40.5 Å². The van der Waals surface area contributed by atoms with Crippen molar-refractivity contribution in [3.8, 4) is 5.75 Å². The molecule has 0 aromatic heterocycles. The quantitative estimate of drug-likeness (QED) is 0.276. The number of hydrogen-bond acceptors (Lipinski definition) is 7. The molecule has 37 heavy (non-hydrogen) atoms. The van der Waals surface area contributed by atoms with Gasteiger partial charge in [-0.05, 0) is 61.7 Å². The normalized spacial score (nSPS) is 13.5. The van der Waals surface area contributed by atoms with Gasteiger partial charge in [0, 0.05) is 36.6 Å². The number of hydrogen-bond donors (Lipinski definition) is 3. The van der Waals surface area contributed by atoms with E-state index < -0.39 is 21.0 Å². The number of para-hydroxylation sites is 2. The SMILES string of the molecule is COc1ccccc1NS(=O)(=O)c1cc(NC(=O)Nc2ccc([N+](=O)[O-])cc2)ccc1N1CCCCC1. The minimum atomic E-state index is -4.06. The molecule has 3 N–H and O–H groups in total. The maximum atomic E-state index is 13.6. The van der Waals surface area contributed by atoms with Crippen molar-refractivity contribution in [1.82, 2.24) is 0 Å². The summed E-state index contributed by atoms with van der Waals surface area (Å²) in [6.45, 7) is 1.45. The van der Waals surface area contributed by atoms with Crippen LogP contribution in [0.1, 0.15) is 19.3 Å². The van der Waals surface area contributed by atoms with Gasteiger partial charge in [0.05, 0.1) is 23.4 Å². The Labute approximate surface area is 214 Å². The highest BCUT2D eigenvalue weighted by Crippen LogP contribution is 2.33. The predicted octanol–water partition coefficient (Wildman–Crippen LogP) is 5.04. The number of amides is 2. The predicted molar refractivity (Wildman–Crippen MR) is 142 cm³/mol. The number of piperidine rings is 1. The molecule has 0 unspecified atom stereocenters. The number of nitro groups is 1. The van der Waals surface area contributed by atoms with Crippen molar-refractivity contribution in [2.24, 2.45) is 0 Å². The summed E-state index contributed by atoms with van der Waals surface area (Å²) in [4.78, 5) is 24.9. The van der Waals surface area contributed by atoms with Gasteiger partial charge >= 0.3 is 6.03 Å². The summed E-state index contributed by atoms with van der Waals surface area (Å²) in [5.41, 5.74) is 1.35. The first kappa shape index (κ1) is 25.8. The van der Waals surface area contributed by atoms with Gasteiger partial charge in [0.25, 0.3) is 15.7 Å². The molecule has 1 aliphatic rings. The fourth-order valence-corrected chi connectivity index (χ4v) is 5.41. The summed E-state index contributed by atoms with van der Waals surface area (Å²) in [5.74, 6) is 0.377. The van der Waals surface area contributed by atoms with Gasteiger partial charge in [0.1, 0.15) is 10.6 Å². The summed E-state index contributed by atoms with van der Waals surface area (Å²) in [7, 11) is -2.60. The van der Waals surface area contributed by atoms with Gasteiger partial charge in [-0.1, -0.05) is 12.1 Å². The first-order chi connectivity index (χ1) is 17.8. The van der Waals surface area contributed by atoms with Crippen LogP contribution in [-0.2, 0) is 10.0 Å². The Hall–Kier alpha value is -4.32. The molecular weight excluding hydrogens is 498 g/mol. The zero-order chi connectivity index (χ0) is 26.4. The van der Waals surface area contributed by atoms with Crippen molar-refractivity contribution < 1.29 is 22.9 Å². The smallest absolute Gasteiger partial charge is 0.323 e. The molecule has 0 spiro atoms. The van der Waals surface area contributed by atoms with Gasteiger partial charge in [-0.3, -0.25) is 14.8 Å². The van der Waals surface area contributed by atoms with E-state index in [1.165, 1.54) is 37.4 Å². The number of nitrogens with zero attached hydrogens (tertiary/aromatic N) is 2. The van der Waals surface area contributed by atoms with Gasteiger partial charge < -0.3 is 20.3 Å². The molecule has 1 aliphatic heterocycles. The van der Waals surface area contributed by atoms with E-state index in [2.05, 4.69) is 15.4 Å². The van der Waals surface area contributed by atoms with Crippen LogP contribution in [0.3, 0.4) is 0 Å². The van der Waals surface area contributed by atoms with E-state index in [1.807, 2.05) is 4.90 Å². The Balaban J connectivity index is 1.61. The van der Waals surface area contributed by atoms with Crippen LogP contribution in [0.15, 0.2) is 71.6 Å². The first-order valence-corrected chi connectivity index (χ1v) is 13.1. The van der Waals surface area contributed by atoms with Crippen LogP contribution in [0.4, 0.5) is 33.2 Å². The summed E-state index contributed by atoms with van der Waals surface area (Å²) in [6, 6.07) is 16.2. The van der Waals surface area contributed by atoms with Crippen molar-refractivity contribution in [2.45, 2.75) is 24.2 Å². The largest absolute Gasteiger partial charge is 0.495 e. The Morgan fingerprint density at radius 3 is 2.27 bits per heavy atom. The summed E-state index contributed by atoms with van der Waals surface area (Å²) in [6.07, 6.45) is 2.99. The maximum absolute atomic E-state index is 13.6. The average molecular weight is 526 g/mol. The number of non-ortho nitro benzene ring substituents is 1. The number of urea groups is 1. The van der Waals surface area contributed by atoms with Crippen LogP contribution in [0.25, 0.3) is 0 Å². The van der Waals surface area contributed by atoms with Crippen molar-refractivity contribution in [3.63, 3.8) is 0 Å². The molecule has 0 atom stereocenters. The van der Waals surface area contributed by atoms with Crippen molar-refractivity contribution in [1.29, 1.82) is 0 Å². The third-order valence-corrected chi connectivity index (χ3v) is 7.29. The number of carbonyl (C=O) groups is 1. The van der Waals surface area contributed by atoms with Gasteiger partial charge in [0.15, 0.2) is 0 Å². The Morgan fingerprint density at radius 1 is 0.946 bits per heavy atom. The number of benzene rings is 3. The van der Waals surface area contributed by atoms with Crippen LogP contribution < -0.4 is 25.0 Å². The second kappa shape index (κ2) is 11.2. The molecule has 11 nitrogen and oxygen atoms in total. The van der Waals surface area contributed by atoms with Gasteiger partial charge in [0.2, 0.25) is 0 Å². The topological polar surface area (TPSA) is 143 Å². The fraction of sp³-hybridized carbons (Fsp3) is 0.240. The molecule has 0 radical (unpaired) electrons. The minimum Gasteiger partial charge on any atom is -0.495 e. The van der Waals surface area contributed by atoms with E-state index in [-0.39, 0.29) is 16.3 Å². The Morgan fingerprint density at radius 2 is 1.59 bits per heavy atom. The molecule has 3 aromatic carbocycles. The second-order valence-electron chi connectivity index (χ2n) is 8.42. The number of carbonyl (C=O) groups excluding carboxylic acids is 1. The summed E-state index contributed by atoms with van der Waals surface area (Å²) >= 11 is 0. The molecule has 194 valence electrons. The second-order valence-corrected chi connectivity index (χ2v) is 10.1. The molecule has 3 aromatic rings. The molecule has 0 aliphatic carbocycles. The highest BCUT2D eigenvalue weighted by atomic mass is 32.2. The lowest BCUT2D eigenvalue weighted by Gasteiger charge is -2.30. The first-order valence-electron chi connectivity index (χ1n) is 11.6. The highest BCUT2D eigenvalue weighted by molar-refractivity contribution is 7.93. The molecule has 0 bridgehead atoms. The lowest BCUT2D eigenvalue weighted by Crippen LogP contribution is -2.31. The number of nitrogens with one attached hydrogen (secondary N) is 3. The third-order valence-electron chi connectivity index (χ3n) is 5.89. The van der Waals surface area contributed by atoms with E-state index in [0.717, 1.165) is 32.4 Å². The highest BCUT2D eigenvalue weighted by Gasteiger charge is 2.25. The third kappa shape index (κ3) is 6.28. The van der Waals surface area contributed by atoms with Crippen LogP contribution in [0.2, 0.25) is 0 Å². The number of nitro benzene ring substituents is 1. The van der Waals surface area contributed by atoms with Crippen LogP contribution >= 0.6 is 0 Å². The van der Waals surface area contributed by atoms with Crippen molar-refractivity contribution in [3.05, 3.63) is 76.8 Å². The number of anilines is 4. The molecule has 1 heterocycles. The molecule has 2 amide bonds. The molecule has 12 heteroatoms. The number of sulfonamides is 1. The zero-order valence-electron chi connectivity index (χ0n) is 20.1. The van der Waals surface area contributed by atoms with E-state index in [9.17, 15) is 23.3 Å². The number of methoxy groups -OCH3 is 1. The summed E-state index contributed by atoms with van der Waals surface area (Å²) in [5, 5.41) is 16.0. The van der Waals surface area contributed by atoms with Crippen LogP contribution in [0, 0.1) is 10.1 Å². The summed E-state index contributed by atoms with van der Waals surface area (Å²) < 4.78 is 35.0. The minimum absolute atomic E-state index is 0.0217. The van der Waals surface area contributed by atoms with Crippen LogP contribution in [-0.4, -0.2) is 39.6 Å². The lowest BCUT2D eigenvalue weighted by molar-refractivity contribution is -0.384. The van der Waals surface area contributed by atoms with E-state index in [0.29, 0.717) is 22.8 Å². The number of rotatable bonds is 8. The van der Waals surface area contributed by atoms with Crippen molar-refractivity contribution >= 4 is 44.5 Å².